The van der Waals surface area contributed by atoms with Crippen LogP contribution < -0.4 is 9.64 Å². The van der Waals surface area contributed by atoms with E-state index in [0.29, 0.717) is 5.88 Å². The van der Waals surface area contributed by atoms with Crippen LogP contribution in [0.5, 0.6) is 5.88 Å². The third kappa shape index (κ3) is 2.10. The summed E-state index contributed by atoms with van der Waals surface area (Å²) in [5.41, 5.74) is 0.843. The molecule has 0 aliphatic carbocycles. The summed E-state index contributed by atoms with van der Waals surface area (Å²) in [4.78, 5) is 22.0. The summed E-state index contributed by atoms with van der Waals surface area (Å²) in [6.07, 6.45) is 3.19. The second kappa shape index (κ2) is 5.20. The average molecular weight is 251 g/mol. The molecule has 0 spiro atoms. The summed E-state index contributed by atoms with van der Waals surface area (Å²) in [5, 5.41) is 0. The zero-order valence-electron chi connectivity index (χ0n) is 10.8. The van der Waals surface area contributed by atoms with E-state index in [1.165, 1.54) is 13.4 Å². The van der Waals surface area contributed by atoms with Crippen molar-refractivity contribution < 1.29 is 14.3 Å². The van der Waals surface area contributed by atoms with Gasteiger partial charge in [0.15, 0.2) is 0 Å². The lowest BCUT2D eigenvalue weighted by atomic mass is 10.2. The molecule has 0 aromatic carbocycles. The Bertz CT molecular complexity index is 450. The van der Waals surface area contributed by atoms with Crippen molar-refractivity contribution in [3.05, 3.63) is 11.9 Å². The fourth-order valence-corrected chi connectivity index (χ4v) is 2.32. The molecule has 0 bridgehead atoms. The summed E-state index contributed by atoms with van der Waals surface area (Å²) < 4.78 is 10.0. The van der Waals surface area contributed by atoms with Crippen LogP contribution in [0.3, 0.4) is 0 Å². The molecule has 0 amide bonds. The maximum atomic E-state index is 11.7. The highest BCUT2D eigenvalue weighted by Gasteiger charge is 2.33. The molecule has 6 heteroatoms. The van der Waals surface area contributed by atoms with Crippen LogP contribution in [0.15, 0.2) is 6.33 Å². The van der Waals surface area contributed by atoms with Gasteiger partial charge in [0.2, 0.25) is 5.88 Å². The van der Waals surface area contributed by atoms with Gasteiger partial charge in [0, 0.05) is 6.54 Å². The monoisotopic (exact) mass is 251 g/mol. The number of esters is 1. The molecule has 1 saturated heterocycles. The van der Waals surface area contributed by atoms with Crippen molar-refractivity contribution >= 4 is 11.8 Å². The maximum absolute atomic E-state index is 11.7. The Morgan fingerprint density at radius 2 is 2.22 bits per heavy atom. The van der Waals surface area contributed by atoms with Gasteiger partial charge in [-0.3, -0.25) is 0 Å². The molecule has 1 fully saturated rings. The minimum atomic E-state index is -0.256. The fraction of sp³-hybridized carbons (Fsp3) is 0.583. The third-order valence-corrected chi connectivity index (χ3v) is 3.20. The lowest BCUT2D eigenvalue weighted by Gasteiger charge is -2.25. The highest BCUT2D eigenvalue weighted by molar-refractivity contribution is 5.80. The fourth-order valence-electron chi connectivity index (χ4n) is 2.32. The van der Waals surface area contributed by atoms with Crippen molar-refractivity contribution in [3.8, 4) is 5.88 Å². The van der Waals surface area contributed by atoms with Gasteiger partial charge >= 0.3 is 5.97 Å². The van der Waals surface area contributed by atoms with E-state index in [1.54, 1.807) is 7.11 Å². The van der Waals surface area contributed by atoms with E-state index >= 15 is 0 Å². The first-order valence-corrected chi connectivity index (χ1v) is 5.89. The normalized spacial score (nSPS) is 18.8. The van der Waals surface area contributed by atoms with Gasteiger partial charge in [-0.25, -0.2) is 14.8 Å². The average Bonchev–Trinajstić information content (AvgIpc) is 2.87. The van der Waals surface area contributed by atoms with E-state index in [0.717, 1.165) is 30.8 Å². The van der Waals surface area contributed by atoms with Crippen molar-refractivity contribution in [3.63, 3.8) is 0 Å². The molecule has 1 aliphatic heterocycles. The Balaban J connectivity index is 2.33. The maximum Gasteiger partial charge on any atom is 0.328 e. The molecule has 0 saturated carbocycles. The Kier molecular flexibility index (Phi) is 3.64. The summed E-state index contributed by atoms with van der Waals surface area (Å²) in [5.74, 6) is 1.06. The molecule has 0 radical (unpaired) electrons. The van der Waals surface area contributed by atoms with Crippen LogP contribution in [-0.4, -0.2) is 42.7 Å². The summed E-state index contributed by atoms with van der Waals surface area (Å²) in [6.45, 7) is 2.68. The molecule has 1 aromatic heterocycles. The molecule has 1 aromatic rings. The molecule has 2 rings (SSSR count). The van der Waals surface area contributed by atoms with Crippen LogP contribution >= 0.6 is 0 Å². The van der Waals surface area contributed by atoms with E-state index in [-0.39, 0.29) is 12.0 Å². The number of aromatic nitrogens is 2. The zero-order chi connectivity index (χ0) is 13.1. The molecule has 0 N–H and O–H groups in total. The second-order valence-electron chi connectivity index (χ2n) is 4.21. The van der Waals surface area contributed by atoms with E-state index in [2.05, 4.69) is 9.97 Å². The number of rotatable bonds is 3. The molecule has 6 nitrogen and oxygen atoms in total. The van der Waals surface area contributed by atoms with Gasteiger partial charge in [-0.2, -0.15) is 0 Å². The first-order chi connectivity index (χ1) is 8.69. The van der Waals surface area contributed by atoms with Crippen molar-refractivity contribution in [1.29, 1.82) is 0 Å². The van der Waals surface area contributed by atoms with Crippen LogP contribution in [-0.2, 0) is 9.53 Å². The standard InChI is InChI=1S/C12H17N3O3/c1-8-10(13-7-14-11(8)17-2)15-6-4-5-9(15)12(16)18-3/h7,9H,4-6H2,1-3H3. The Labute approximate surface area is 106 Å². The van der Waals surface area contributed by atoms with Crippen molar-refractivity contribution in [2.24, 2.45) is 0 Å². The van der Waals surface area contributed by atoms with E-state index < -0.39 is 0 Å². The number of hydrogen-bond acceptors (Lipinski definition) is 6. The number of hydrogen-bond donors (Lipinski definition) is 0. The molecule has 2 heterocycles. The molecule has 1 aliphatic rings. The first kappa shape index (κ1) is 12.6. The smallest absolute Gasteiger partial charge is 0.328 e. The molecule has 1 atom stereocenters. The highest BCUT2D eigenvalue weighted by atomic mass is 16.5. The van der Waals surface area contributed by atoms with Gasteiger partial charge in [-0.1, -0.05) is 0 Å². The number of anilines is 1. The van der Waals surface area contributed by atoms with Crippen LogP contribution in [0.4, 0.5) is 5.82 Å². The van der Waals surface area contributed by atoms with Crippen molar-refractivity contribution in [2.75, 3.05) is 25.7 Å². The Morgan fingerprint density at radius 3 is 2.89 bits per heavy atom. The topological polar surface area (TPSA) is 64.5 Å². The lowest BCUT2D eigenvalue weighted by Crippen LogP contribution is -2.37. The highest BCUT2D eigenvalue weighted by Crippen LogP contribution is 2.30. The number of ether oxygens (including phenoxy) is 2. The molecular formula is C12H17N3O3. The summed E-state index contributed by atoms with van der Waals surface area (Å²) >= 11 is 0. The van der Waals surface area contributed by atoms with E-state index in [1.807, 2.05) is 11.8 Å². The van der Waals surface area contributed by atoms with Gasteiger partial charge in [0.05, 0.1) is 19.8 Å². The van der Waals surface area contributed by atoms with Gasteiger partial charge in [-0.15, -0.1) is 0 Å². The lowest BCUT2D eigenvalue weighted by molar-refractivity contribution is -0.141. The predicted octanol–water partition coefficient (Wildman–Crippen LogP) is 0.935. The van der Waals surface area contributed by atoms with Crippen LogP contribution in [0.25, 0.3) is 0 Å². The van der Waals surface area contributed by atoms with Gasteiger partial charge in [0.25, 0.3) is 0 Å². The first-order valence-electron chi connectivity index (χ1n) is 5.89. The van der Waals surface area contributed by atoms with E-state index in [9.17, 15) is 4.79 Å². The largest absolute Gasteiger partial charge is 0.481 e. The molecule has 1 unspecified atom stereocenters. The van der Waals surface area contributed by atoms with Gasteiger partial charge < -0.3 is 14.4 Å². The Morgan fingerprint density at radius 1 is 1.44 bits per heavy atom. The molecule has 98 valence electrons. The Hall–Kier alpha value is -1.85. The van der Waals surface area contributed by atoms with Crippen molar-refractivity contribution in [2.45, 2.75) is 25.8 Å². The predicted molar refractivity (Wildman–Crippen MR) is 65.7 cm³/mol. The number of carbonyl (C=O) groups excluding carboxylic acids is 1. The summed E-state index contributed by atoms with van der Waals surface area (Å²) in [6, 6.07) is -0.256. The number of carbonyl (C=O) groups is 1. The third-order valence-electron chi connectivity index (χ3n) is 3.20. The van der Waals surface area contributed by atoms with Gasteiger partial charge in [0.1, 0.15) is 18.2 Å². The van der Waals surface area contributed by atoms with Crippen LogP contribution in [0.2, 0.25) is 0 Å². The minimum Gasteiger partial charge on any atom is -0.481 e. The van der Waals surface area contributed by atoms with Crippen molar-refractivity contribution in [1.82, 2.24) is 9.97 Å². The van der Waals surface area contributed by atoms with Crippen LogP contribution in [0.1, 0.15) is 18.4 Å². The number of nitrogens with zero attached hydrogens (tertiary/aromatic N) is 3. The quantitative estimate of drug-likeness (QED) is 0.745. The summed E-state index contributed by atoms with van der Waals surface area (Å²) in [7, 11) is 2.98. The zero-order valence-corrected chi connectivity index (χ0v) is 10.8. The van der Waals surface area contributed by atoms with Crippen LogP contribution in [0, 0.1) is 6.92 Å². The second-order valence-corrected chi connectivity index (χ2v) is 4.21. The van der Waals surface area contributed by atoms with Gasteiger partial charge in [-0.05, 0) is 19.8 Å². The SMILES string of the molecule is COC(=O)C1CCCN1c1ncnc(OC)c1C. The molecule has 18 heavy (non-hydrogen) atoms. The molecular weight excluding hydrogens is 234 g/mol. The van der Waals surface area contributed by atoms with E-state index in [4.69, 9.17) is 9.47 Å². The number of methoxy groups -OCH3 is 2. The minimum absolute atomic E-state index is 0.218.